The summed E-state index contributed by atoms with van der Waals surface area (Å²) in [7, 11) is 0. The highest BCUT2D eigenvalue weighted by Gasteiger charge is 2.36. The number of halogens is 1. The first-order valence-electron chi connectivity index (χ1n) is 8.38. The van der Waals surface area contributed by atoms with Gasteiger partial charge in [-0.05, 0) is 42.7 Å². The number of ether oxygens (including phenoxy) is 1. The summed E-state index contributed by atoms with van der Waals surface area (Å²) in [6, 6.07) is 14.2. The number of hydrogen-bond acceptors (Lipinski definition) is 3. The number of hydrogen-bond donors (Lipinski definition) is 2. The van der Waals surface area contributed by atoms with Gasteiger partial charge in [0.1, 0.15) is 17.8 Å². The van der Waals surface area contributed by atoms with Gasteiger partial charge in [0.15, 0.2) is 0 Å². The molecule has 1 aliphatic heterocycles. The van der Waals surface area contributed by atoms with Gasteiger partial charge in [-0.15, -0.1) is 0 Å². The van der Waals surface area contributed by atoms with Crippen LogP contribution in [0.4, 0.5) is 0 Å². The summed E-state index contributed by atoms with van der Waals surface area (Å²) < 4.78 is 5.64. The molecule has 1 aliphatic rings. The Balaban J connectivity index is 1.69. The van der Waals surface area contributed by atoms with Crippen LogP contribution in [0.15, 0.2) is 48.5 Å². The lowest BCUT2D eigenvalue weighted by Crippen LogP contribution is -2.47. The fourth-order valence-electron chi connectivity index (χ4n) is 3.05. The van der Waals surface area contributed by atoms with E-state index in [0.717, 1.165) is 11.3 Å². The van der Waals surface area contributed by atoms with Gasteiger partial charge in [0.2, 0.25) is 5.91 Å². The summed E-state index contributed by atoms with van der Waals surface area (Å²) in [5.74, 6) is -0.854. The zero-order chi connectivity index (χ0) is 18.7. The van der Waals surface area contributed by atoms with Gasteiger partial charge in [-0.3, -0.25) is 9.59 Å². The van der Waals surface area contributed by atoms with Crippen LogP contribution in [-0.2, 0) is 21.4 Å². The third-order valence-corrected chi connectivity index (χ3v) is 5.03. The molecule has 1 heterocycles. The summed E-state index contributed by atoms with van der Waals surface area (Å²) in [5, 5.41) is 13.1. The first-order valence-corrected chi connectivity index (χ1v) is 8.76. The van der Waals surface area contributed by atoms with Gasteiger partial charge in [-0.1, -0.05) is 41.9 Å². The molecule has 0 saturated carbocycles. The van der Waals surface area contributed by atoms with Crippen molar-refractivity contribution in [1.82, 2.24) is 5.32 Å². The Morgan fingerprint density at radius 1 is 1.27 bits per heavy atom. The number of rotatable bonds is 5. The number of carboxylic acid groups (broad SMARTS) is 1. The molecular weight excluding hydrogens is 354 g/mol. The van der Waals surface area contributed by atoms with E-state index in [1.807, 2.05) is 6.07 Å². The molecular formula is C20H20ClNO4. The van der Waals surface area contributed by atoms with E-state index in [9.17, 15) is 14.7 Å². The lowest BCUT2D eigenvalue weighted by Gasteiger charge is -2.28. The Morgan fingerprint density at radius 3 is 2.69 bits per heavy atom. The van der Waals surface area contributed by atoms with Crippen molar-refractivity contribution in [2.45, 2.75) is 18.8 Å². The van der Waals surface area contributed by atoms with Gasteiger partial charge < -0.3 is 15.2 Å². The largest absolute Gasteiger partial charge is 0.492 e. The monoisotopic (exact) mass is 373 g/mol. The third-order valence-electron chi connectivity index (χ3n) is 4.80. The quantitative estimate of drug-likeness (QED) is 0.844. The molecule has 2 atom stereocenters. The van der Waals surface area contributed by atoms with Crippen molar-refractivity contribution in [3.8, 4) is 5.75 Å². The van der Waals surface area contributed by atoms with Crippen molar-refractivity contribution < 1.29 is 19.4 Å². The molecule has 2 unspecified atom stereocenters. The van der Waals surface area contributed by atoms with Crippen LogP contribution in [0.1, 0.15) is 18.1 Å². The first kappa shape index (κ1) is 18.3. The highest BCUT2D eigenvalue weighted by Crippen LogP contribution is 2.30. The minimum Gasteiger partial charge on any atom is -0.492 e. The smallest absolute Gasteiger partial charge is 0.315 e. The fourth-order valence-corrected chi connectivity index (χ4v) is 3.24. The van der Waals surface area contributed by atoms with Crippen molar-refractivity contribution in [2.75, 3.05) is 13.2 Å². The maximum atomic E-state index is 12.6. The van der Waals surface area contributed by atoms with Gasteiger partial charge in [0, 0.05) is 11.6 Å². The average Bonchev–Trinajstić information content (AvgIpc) is 2.65. The Kier molecular flexibility index (Phi) is 5.18. The van der Waals surface area contributed by atoms with Crippen LogP contribution in [0.5, 0.6) is 5.75 Å². The molecule has 2 aromatic rings. The number of aliphatic carboxylic acids is 1. The molecule has 1 amide bonds. The molecule has 0 aliphatic carbocycles. The van der Waals surface area contributed by atoms with Crippen LogP contribution >= 0.6 is 11.6 Å². The van der Waals surface area contributed by atoms with E-state index >= 15 is 0 Å². The third kappa shape index (κ3) is 3.68. The lowest BCUT2D eigenvalue weighted by atomic mass is 9.82. The van der Waals surface area contributed by atoms with Gasteiger partial charge in [-0.25, -0.2) is 0 Å². The summed E-state index contributed by atoms with van der Waals surface area (Å²) in [6.45, 7) is 1.87. The zero-order valence-electron chi connectivity index (χ0n) is 14.4. The van der Waals surface area contributed by atoms with Gasteiger partial charge in [0.25, 0.3) is 0 Å². The van der Waals surface area contributed by atoms with E-state index in [4.69, 9.17) is 16.3 Å². The Labute approximate surface area is 156 Å². The number of carboxylic acids is 1. The minimum atomic E-state index is -1.20. The number of amides is 1. The van der Waals surface area contributed by atoms with E-state index in [0.29, 0.717) is 17.0 Å². The van der Waals surface area contributed by atoms with E-state index in [-0.39, 0.29) is 25.0 Å². The standard InChI is InChI=1S/C20H20ClNO4/c1-20(19(24)25,15-5-3-2-4-6-15)12-22-18(23)14-9-13-10-16(21)7-8-17(13)26-11-14/h2-8,10,14H,9,11-12H2,1H3,(H,22,23)(H,24,25). The molecule has 0 spiro atoms. The van der Waals surface area contributed by atoms with Gasteiger partial charge >= 0.3 is 5.97 Å². The molecule has 26 heavy (non-hydrogen) atoms. The molecule has 6 heteroatoms. The number of carbonyl (C=O) groups excluding carboxylic acids is 1. The van der Waals surface area contributed by atoms with Gasteiger partial charge in [-0.2, -0.15) is 0 Å². The summed E-state index contributed by atoms with van der Waals surface area (Å²) in [4.78, 5) is 24.4. The van der Waals surface area contributed by atoms with Crippen LogP contribution in [0.25, 0.3) is 0 Å². The van der Waals surface area contributed by atoms with Crippen LogP contribution in [-0.4, -0.2) is 30.1 Å². The van der Waals surface area contributed by atoms with Crippen molar-refractivity contribution >= 4 is 23.5 Å². The maximum Gasteiger partial charge on any atom is 0.315 e. The van der Waals surface area contributed by atoms with Crippen LogP contribution in [0.3, 0.4) is 0 Å². The van der Waals surface area contributed by atoms with Crippen molar-refractivity contribution in [3.63, 3.8) is 0 Å². The molecule has 0 saturated heterocycles. The Morgan fingerprint density at radius 2 is 2.00 bits per heavy atom. The van der Waals surface area contributed by atoms with Crippen LogP contribution in [0, 0.1) is 5.92 Å². The molecule has 5 nitrogen and oxygen atoms in total. The number of nitrogens with one attached hydrogen (secondary N) is 1. The van der Waals surface area contributed by atoms with Crippen molar-refractivity contribution in [3.05, 3.63) is 64.7 Å². The van der Waals surface area contributed by atoms with Crippen molar-refractivity contribution in [1.29, 1.82) is 0 Å². The van der Waals surface area contributed by atoms with E-state index in [1.165, 1.54) is 0 Å². The molecule has 3 rings (SSSR count). The Hall–Kier alpha value is -2.53. The van der Waals surface area contributed by atoms with Gasteiger partial charge in [0.05, 0.1) is 5.92 Å². The van der Waals surface area contributed by atoms with E-state index in [1.54, 1.807) is 49.4 Å². The predicted octanol–water partition coefficient (Wildman–Crippen LogP) is 3.05. The van der Waals surface area contributed by atoms with Crippen LogP contribution in [0.2, 0.25) is 5.02 Å². The fraction of sp³-hybridized carbons (Fsp3) is 0.300. The molecule has 0 fully saturated rings. The minimum absolute atomic E-state index is 0.00405. The average molecular weight is 374 g/mol. The zero-order valence-corrected chi connectivity index (χ0v) is 15.1. The topological polar surface area (TPSA) is 75.6 Å². The second-order valence-corrected chi connectivity index (χ2v) is 7.12. The molecule has 2 aromatic carbocycles. The molecule has 0 bridgehead atoms. The molecule has 0 aromatic heterocycles. The normalized spacial score (nSPS) is 18.2. The summed E-state index contributed by atoms with van der Waals surface area (Å²) >= 11 is 6.01. The SMILES string of the molecule is CC(CNC(=O)C1COc2ccc(Cl)cc2C1)(C(=O)O)c1ccccc1. The number of carbonyl (C=O) groups is 2. The van der Waals surface area contributed by atoms with Crippen molar-refractivity contribution in [2.24, 2.45) is 5.92 Å². The predicted molar refractivity (Wildman–Crippen MR) is 98.6 cm³/mol. The molecule has 2 N–H and O–H groups in total. The highest BCUT2D eigenvalue weighted by atomic mass is 35.5. The first-order chi connectivity index (χ1) is 12.4. The lowest BCUT2D eigenvalue weighted by molar-refractivity contribution is -0.143. The van der Waals surface area contributed by atoms with E-state index < -0.39 is 11.4 Å². The number of benzene rings is 2. The Bertz CT molecular complexity index is 824. The number of fused-ring (bicyclic) bond motifs is 1. The summed E-state index contributed by atoms with van der Waals surface area (Å²) in [5.41, 5.74) is 0.325. The van der Waals surface area contributed by atoms with E-state index in [2.05, 4.69) is 5.32 Å². The summed E-state index contributed by atoms with van der Waals surface area (Å²) in [6.07, 6.45) is 0.511. The highest BCUT2D eigenvalue weighted by molar-refractivity contribution is 6.30. The van der Waals surface area contributed by atoms with Crippen LogP contribution < -0.4 is 10.1 Å². The molecule has 0 radical (unpaired) electrons. The second kappa shape index (κ2) is 7.38. The second-order valence-electron chi connectivity index (χ2n) is 6.69. The maximum absolute atomic E-state index is 12.6. The molecule has 136 valence electrons.